The van der Waals surface area contributed by atoms with E-state index in [1.165, 1.54) is 0 Å². The third-order valence-corrected chi connectivity index (χ3v) is 4.47. The standard InChI is InChI=1S/C18H34N6O3/c1-12(2)10-15(24-16(26)14-7-3-4-8-21-14)17(27)23-13(11-25)6-5-9-22-18(19)20/h11-15,21H,3-10H2,1-2H3,(H,23,27)(H,24,26)(H4,19,20,22)/t13-,14?,15-/m0/s1. The number of nitrogens with one attached hydrogen (secondary N) is 5. The Hall–Kier alpha value is -2.16. The van der Waals surface area contributed by atoms with E-state index in [1.54, 1.807) is 0 Å². The summed E-state index contributed by atoms with van der Waals surface area (Å²) in [6.07, 6.45) is 5.03. The first-order valence-corrected chi connectivity index (χ1v) is 9.70. The summed E-state index contributed by atoms with van der Waals surface area (Å²) in [6.45, 7) is 5.22. The van der Waals surface area contributed by atoms with E-state index in [0.717, 1.165) is 25.8 Å². The lowest BCUT2D eigenvalue weighted by molar-refractivity contribution is -0.131. The largest absolute Gasteiger partial charge is 0.370 e. The van der Waals surface area contributed by atoms with E-state index in [0.29, 0.717) is 32.1 Å². The second-order valence-corrected chi connectivity index (χ2v) is 7.43. The van der Waals surface area contributed by atoms with Crippen LogP contribution >= 0.6 is 0 Å². The molecule has 2 amide bonds. The third kappa shape index (κ3) is 9.37. The zero-order chi connectivity index (χ0) is 20.2. The van der Waals surface area contributed by atoms with Crippen LogP contribution in [-0.4, -0.2) is 55.3 Å². The van der Waals surface area contributed by atoms with Crippen LogP contribution in [-0.2, 0) is 14.4 Å². The number of hydrogen-bond acceptors (Lipinski definition) is 5. The smallest absolute Gasteiger partial charge is 0.243 e. The molecule has 9 heteroatoms. The van der Waals surface area contributed by atoms with Crippen LogP contribution in [0.3, 0.4) is 0 Å². The molecule has 1 rings (SSSR count). The minimum absolute atomic E-state index is 0.127. The van der Waals surface area contributed by atoms with Crippen LogP contribution in [0.1, 0.15) is 52.4 Å². The van der Waals surface area contributed by atoms with Crippen molar-refractivity contribution in [3.8, 4) is 0 Å². The predicted octanol–water partition coefficient (Wildman–Crippen LogP) is -0.394. The minimum atomic E-state index is -0.668. The van der Waals surface area contributed by atoms with Crippen LogP contribution in [0.25, 0.3) is 0 Å². The van der Waals surface area contributed by atoms with Gasteiger partial charge in [0.05, 0.1) is 12.1 Å². The summed E-state index contributed by atoms with van der Waals surface area (Å²) in [7, 11) is 0. The molecule has 0 saturated carbocycles. The first-order valence-electron chi connectivity index (χ1n) is 9.70. The van der Waals surface area contributed by atoms with Crippen molar-refractivity contribution in [3.05, 3.63) is 0 Å². The van der Waals surface area contributed by atoms with Crippen LogP contribution in [0.4, 0.5) is 0 Å². The lowest BCUT2D eigenvalue weighted by Crippen LogP contribution is -2.55. The van der Waals surface area contributed by atoms with Crippen molar-refractivity contribution in [2.24, 2.45) is 11.7 Å². The molecule has 7 N–H and O–H groups in total. The van der Waals surface area contributed by atoms with E-state index >= 15 is 0 Å². The molecule has 1 heterocycles. The van der Waals surface area contributed by atoms with Gasteiger partial charge >= 0.3 is 0 Å². The Morgan fingerprint density at radius 1 is 1.30 bits per heavy atom. The molecule has 0 aromatic rings. The number of piperidine rings is 1. The van der Waals surface area contributed by atoms with Crippen molar-refractivity contribution in [3.63, 3.8) is 0 Å². The van der Waals surface area contributed by atoms with Gasteiger partial charge in [0, 0.05) is 6.54 Å². The molecule has 3 atom stereocenters. The number of nitrogens with two attached hydrogens (primary N) is 1. The molecule has 0 spiro atoms. The maximum Gasteiger partial charge on any atom is 0.243 e. The van der Waals surface area contributed by atoms with Gasteiger partial charge in [0.25, 0.3) is 0 Å². The summed E-state index contributed by atoms with van der Waals surface area (Å²) in [6, 6.07) is -1.56. The normalized spacial score (nSPS) is 19.0. The Morgan fingerprint density at radius 3 is 2.59 bits per heavy atom. The van der Waals surface area contributed by atoms with E-state index in [1.807, 2.05) is 13.8 Å². The SMILES string of the molecule is CC(C)C[C@H](NC(=O)C1CCCCN1)C(=O)N[C@H](C=O)CCCNC(=N)N. The molecule has 0 aromatic heterocycles. The number of hydrogen-bond donors (Lipinski definition) is 6. The summed E-state index contributed by atoms with van der Waals surface area (Å²) in [5.41, 5.74) is 5.20. The van der Waals surface area contributed by atoms with Crippen LogP contribution in [0.2, 0.25) is 0 Å². The minimum Gasteiger partial charge on any atom is -0.370 e. The first kappa shape index (κ1) is 22.9. The Balaban J connectivity index is 2.57. The zero-order valence-electron chi connectivity index (χ0n) is 16.3. The average molecular weight is 383 g/mol. The van der Waals surface area contributed by atoms with Crippen LogP contribution in [0.5, 0.6) is 0 Å². The lowest BCUT2D eigenvalue weighted by Gasteiger charge is -2.27. The molecule has 1 unspecified atom stereocenters. The molecule has 9 nitrogen and oxygen atoms in total. The van der Waals surface area contributed by atoms with Crippen LogP contribution in [0, 0.1) is 11.3 Å². The summed E-state index contributed by atoms with van der Waals surface area (Å²) in [5.74, 6) is -0.416. The molecular weight excluding hydrogens is 348 g/mol. The molecule has 154 valence electrons. The highest BCUT2D eigenvalue weighted by Crippen LogP contribution is 2.10. The van der Waals surface area contributed by atoms with Gasteiger partial charge in [-0.1, -0.05) is 20.3 Å². The Morgan fingerprint density at radius 2 is 2.04 bits per heavy atom. The van der Waals surface area contributed by atoms with Gasteiger partial charge in [-0.3, -0.25) is 15.0 Å². The molecule has 27 heavy (non-hydrogen) atoms. The highest BCUT2D eigenvalue weighted by atomic mass is 16.2. The van der Waals surface area contributed by atoms with Gasteiger partial charge in [-0.25, -0.2) is 0 Å². The Labute approximate surface area is 161 Å². The fourth-order valence-corrected chi connectivity index (χ4v) is 3.05. The molecule has 1 aliphatic heterocycles. The van der Waals surface area contributed by atoms with Gasteiger partial charge in [-0.05, 0) is 44.6 Å². The number of aldehydes is 1. The van der Waals surface area contributed by atoms with Gasteiger partial charge in [0.15, 0.2) is 5.96 Å². The molecule has 1 saturated heterocycles. The fourth-order valence-electron chi connectivity index (χ4n) is 3.05. The molecule has 0 aromatic carbocycles. The summed E-state index contributed by atoms with van der Waals surface area (Å²) < 4.78 is 0. The number of carbonyl (C=O) groups is 3. The maximum atomic E-state index is 12.6. The van der Waals surface area contributed by atoms with Crippen molar-refractivity contribution in [2.75, 3.05) is 13.1 Å². The van der Waals surface area contributed by atoms with Crippen molar-refractivity contribution in [2.45, 2.75) is 70.5 Å². The predicted molar refractivity (Wildman–Crippen MR) is 104 cm³/mol. The van der Waals surface area contributed by atoms with E-state index in [2.05, 4.69) is 21.3 Å². The van der Waals surface area contributed by atoms with E-state index in [9.17, 15) is 14.4 Å². The summed E-state index contributed by atoms with van der Waals surface area (Å²) in [4.78, 5) is 36.4. The lowest BCUT2D eigenvalue weighted by atomic mass is 10.00. The zero-order valence-corrected chi connectivity index (χ0v) is 16.3. The van der Waals surface area contributed by atoms with Gasteiger partial charge in [-0.2, -0.15) is 0 Å². The van der Waals surface area contributed by atoms with Gasteiger partial charge in [0.2, 0.25) is 11.8 Å². The molecule has 1 fully saturated rings. The number of amides is 2. The summed E-state index contributed by atoms with van der Waals surface area (Å²) >= 11 is 0. The van der Waals surface area contributed by atoms with Crippen molar-refractivity contribution in [1.82, 2.24) is 21.3 Å². The molecule has 0 bridgehead atoms. The Bertz CT molecular complexity index is 505. The number of guanidine groups is 1. The van der Waals surface area contributed by atoms with Crippen LogP contribution in [0.15, 0.2) is 0 Å². The van der Waals surface area contributed by atoms with E-state index < -0.39 is 12.1 Å². The van der Waals surface area contributed by atoms with Gasteiger partial charge < -0.3 is 31.8 Å². The third-order valence-electron chi connectivity index (χ3n) is 4.47. The molecule has 1 aliphatic rings. The van der Waals surface area contributed by atoms with Crippen LogP contribution < -0.4 is 27.0 Å². The van der Waals surface area contributed by atoms with E-state index in [-0.39, 0.29) is 29.7 Å². The first-order chi connectivity index (χ1) is 12.8. The van der Waals surface area contributed by atoms with Crippen molar-refractivity contribution < 1.29 is 14.4 Å². The monoisotopic (exact) mass is 382 g/mol. The van der Waals surface area contributed by atoms with Gasteiger partial charge in [-0.15, -0.1) is 0 Å². The van der Waals surface area contributed by atoms with Gasteiger partial charge in [0.1, 0.15) is 12.3 Å². The highest BCUT2D eigenvalue weighted by molar-refractivity contribution is 5.90. The average Bonchev–Trinajstić information content (AvgIpc) is 2.63. The fraction of sp³-hybridized carbons (Fsp3) is 0.778. The quantitative estimate of drug-likeness (QED) is 0.124. The van der Waals surface area contributed by atoms with E-state index in [4.69, 9.17) is 11.1 Å². The molecule has 0 radical (unpaired) electrons. The highest BCUT2D eigenvalue weighted by Gasteiger charge is 2.28. The number of rotatable bonds is 11. The second-order valence-electron chi connectivity index (χ2n) is 7.43. The molecular formula is C18H34N6O3. The van der Waals surface area contributed by atoms with Crippen molar-refractivity contribution >= 4 is 24.1 Å². The number of carbonyl (C=O) groups excluding carboxylic acids is 3. The Kier molecular flexibility index (Phi) is 10.4. The summed E-state index contributed by atoms with van der Waals surface area (Å²) in [5, 5.41) is 18.5. The topological polar surface area (TPSA) is 149 Å². The van der Waals surface area contributed by atoms with Crippen molar-refractivity contribution in [1.29, 1.82) is 5.41 Å². The second kappa shape index (κ2) is 12.3. The maximum absolute atomic E-state index is 12.6. The molecule has 0 aliphatic carbocycles.